The highest BCUT2D eigenvalue weighted by Crippen LogP contribution is 2.53. The van der Waals surface area contributed by atoms with Crippen molar-refractivity contribution in [2.75, 3.05) is 12.0 Å². The number of carbonyl (C=O) groups is 4. The molecule has 3 aliphatic heterocycles. The smallest absolute Gasteiger partial charge is 0.240 e. The molecule has 2 fully saturated rings. The maximum atomic E-state index is 14.1. The second-order valence-electron chi connectivity index (χ2n) is 9.66. The van der Waals surface area contributed by atoms with E-state index in [1.807, 2.05) is 41.4 Å². The van der Waals surface area contributed by atoms with Crippen molar-refractivity contribution < 1.29 is 23.9 Å². The lowest BCUT2D eigenvalue weighted by atomic mass is 9.83. The van der Waals surface area contributed by atoms with E-state index in [1.165, 1.54) is 11.8 Å². The minimum Gasteiger partial charge on any atom is -0.496 e. The van der Waals surface area contributed by atoms with E-state index < -0.39 is 29.8 Å². The average Bonchev–Trinajstić information content (AvgIpc) is 3.40. The molecule has 0 spiro atoms. The molecular formula is C30H23BrN2O5. The van der Waals surface area contributed by atoms with Gasteiger partial charge in [-0.05, 0) is 82.5 Å². The van der Waals surface area contributed by atoms with Gasteiger partial charge in [0.15, 0.2) is 11.6 Å². The lowest BCUT2D eigenvalue weighted by Crippen LogP contribution is -2.44. The zero-order valence-electron chi connectivity index (χ0n) is 20.6. The molecule has 4 atom stereocenters. The van der Waals surface area contributed by atoms with Crippen LogP contribution in [0.2, 0.25) is 0 Å². The first kappa shape index (κ1) is 24.3. The Morgan fingerprint density at radius 2 is 1.58 bits per heavy atom. The van der Waals surface area contributed by atoms with Crippen LogP contribution in [0.5, 0.6) is 5.75 Å². The Morgan fingerprint density at radius 1 is 0.895 bits per heavy atom. The fourth-order valence-electron chi connectivity index (χ4n) is 5.95. The first-order chi connectivity index (χ1) is 18.3. The summed E-state index contributed by atoms with van der Waals surface area (Å²) in [7, 11) is 1.55. The number of Topliss-reactive ketones (excluding diaryl/α,β-unsaturated/α-hetero) is 2. The van der Waals surface area contributed by atoms with Crippen molar-refractivity contribution in [1.82, 2.24) is 4.90 Å². The summed E-state index contributed by atoms with van der Waals surface area (Å²) in [4.78, 5) is 56.8. The molecule has 190 valence electrons. The van der Waals surface area contributed by atoms with Gasteiger partial charge in [0, 0.05) is 17.3 Å². The molecule has 3 aliphatic rings. The van der Waals surface area contributed by atoms with Crippen molar-refractivity contribution in [3.8, 4) is 5.75 Å². The van der Waals surface area contributed by atoms with Gasteiger partial charge in [0.1, 0.15) is 11.8 Å². The van der Waals surface area contributed by atoms with Crippen molar-refractivity contribution in [3.63, 3.8) is 0 Å². The van der Waals surface area contributed by atoms with Crippen LogP contribution < -0.4 is 9.64 Å². The SMILES string of the molecule is COc1ccc(C(=O)[C@@H]2[C@@H]3C(=O)N(c4ccc(C(C)=O)cc4)C(=O)[C@@H]3[C@@H]3c4ccccc4C=CN23)cc1Br. The fourth-order valence-corrected chi connectivity index (χ4v) is 6.49. The summed E-state index contributed by atoms with van der Waals surface area (Å²) in [5.74, 6) is -2.14. The molecule has 2 amide bonds. The third-order valence-corrected chi connectivity index (χ3v) is 8.32. The molecule has 0 bridgehead atoms. The van der Waals surface area contributed by atoms with Crippen LogP contribution in [-0.2, 0) is 9.59 Å². The Balaban J connectivity index is 1.46. The van der Waals surface area contributed by atoms with Crippen molar-refractivity contribution >= 4 is 51.1 Å². The van der Waals surface area contributed by atoms with E-state index in [0.29, 0.717) is 27.0 Å². The highest BCUT2D eigenvalue weighted by atomic mass is 79.9. The highest BCUT2D eigenvalue weighted by molar-refractivity contribution is 9.10. The number of benzene rings is 3. The van der Waals surface area contributed by atoms with Crippen LogP contribution >= 0.6 is 15.9 Å². The van der Waals surface area contributed by atoms with Gasteiger partial charge in [-0.15, -0.1) is 0 Å². The van der Waals surface area contributed by atoms with Crippen LogP contribution in [0.1, 0.15) is 44.8 Å². The molecule has 0 aromatic heterocycles. The van der Waals surface area contributed by atoms with Gasteiger partial charge in [-0.3, -0.25) is 19.2 Å². The quantitative estimate of drug-likeness (QED) is 0.315. The number of rotatable bonds is 5. The molecule has 3 aromatic rings. The van der Waals surface area contributed by atoms with E-state index >= 15 is 0 Å². The second kappa shape index (κ2) is 9.06. The lowest BCUT2D eigenvalue weighted by Gasteiger charge is -2.35. The Morgan fingerprint density at radius 3 is 2.26 bits per heavy atom. The van der Waals surface area contributed by atoms with Crippen LogP contribution in [0.15, 0.2) is 77.4 Å². The Bertz CT molecular complexity index is 1550. The summed E-state index contributed by atoms with van der Waals surface area (Å²) in [6, 6.07) is 17.9. The molecule has 3 aromatic carbocycles. The van der Waals surface area contributed by atoms with Gasteiger partial charge in [-0.1, -0.05) is 24.3 Å². The van der Waals surface area contributed by atoms with Crippen molar-refractivity contribution in [2.45, 2.75) is 19.0 Å². The first-order valence-corrected chi connectivity index (χ1v) is 13.0. The van der Waals surface area contributed by atoms with Gasteiger partial charge in [-0.2, -0.15) is 0 Å². The van der Waals surface area contributed by atoms with Crippen molar-refractivity contribution in [2.24, 2.45) is 11.8 Å². The van der Waals surface area contributed by atoms with Gasteiger partial charge in [0.2, 0.25) is 11.8 Å². The maximum absolute atomic E-state index is 14.1. The summed E-state index contributed by atoms with van der Waals surface area (Å²) < 4.78 is 5.93. The van der Waals surface area contributed by atoms with Crippen LogP contribution in [0.4, 0.5) is 5.69 Å². The Labute approximate surface area is 227 Å². The van der Waals surface area contributed by atoms with Gasteiger partial charge in [-0.25, -0.2) is 4.90 Å². The predicted molar refractivity (Wildman–Crippen MR) is 145 cm³/mol. The van der Waals surface area contributed by atoms with Gasteiger partial charge >= 0.3 is 0 Å². The predicted octanol–water partition coefficient (Wildman–Crippen LogP) is 5.06. The summed E-state index contributed by atoms with van der Waals surface area (Å²) in [6.07, 6.45) is 3.75. The van der Waals surface area contributed by atoms with Crippen LogP contribution in [0.25, 0.3) is 6.08 Å². The molecule has 38 heavy (non-hydrogen) atoms. The third kappa shape index (κ3) is 3.55. The van der Waals surface area contributed by atoms with Gasteiger partial charge in [0.05, 0.1) is 35.1 Å². The minimum absolute atomic E-state index is 0.106. The summed E-state index contributed by atoms with van der Waals surface area (Å²) in [5, 5.41) is 0. The van der Waals surface area contributed by atoms with E-state index in [2.05, 4.69) is 15.9 Å². The molecule has 2 saturated heterocycles. The molecule has 3 heterocycles. The molecule has 0 saturated carbocycles. The number of hydrogen-bond acceptors (Lipinski definition) is 6. The Hall–Kier alpha value is -4.04. The van der Waals surface area contributed by atoms with Gasteiger partial charge < -0.3 is 9.64 Å². The van der Waals surface area contributed by atoms with Crippen LogP contribution in [0.3, 0.4) is 0 Å². The van der Waals surface area contributed by atoms with E-state index in [1.54, 1.807) is 49.6 Å². The van der Waals surface area contributed by atoms with Crippen LogP contribution in [-0.4, -0.2) is 41.4 Å². The largest absolute Gasteiger partial charge is 0.496 e. The number of nitrogens with zero attached hydrogens (tertiary/aromatic N) is 2. The van der Waals surface area contributed by atoms with Crippen molar-refractivity contribution in [3.05, 3.63) is 99.7 Å². The zero-order valence-corrected chi connectivity index (χ0v) is 22.2. The number of methoxy groups -OCH3 is 1. The second-order valence-corrected chi connectivity index (χ2v) is 10.5. The summed E-state index contributed by atoms with van der Waals surface area (Å²) in [5.41, 5.74) is 3.16. The normalized spacial score (nSPS) is 23.2. The maximum Gasteiger partial charge on any atom is 0.240 e. The number of hydrogen-bond donors (Lipinski definition) is 0. The number of halogens is 1. The minimum atomic E-state index is -0.871. The number of imide groups is 1. The van der Waals surface area contributed by atoms with Crippen molar-refractivity contribution in [1.29, 1.82) is 0 Å². The standard InChI is InChI=1S/C30H23BrN2O5/c1-16(34)17-7-10-20(11-8-17)33-29(36)24-25(30(33)37)27(28(35)19-9-12-23(38-2)22(31)15-19)32-14-13-18-5-3-4-6-21(18)26(24)32/h3-15,24-27H,1-2H3/t24-,25+,26-,27-/m0/s1. The third-order valence-electron chi connectivity index (χ3n) is 7.70. The molecule has 8 heteroatoms. The van der Waals surface area contributed by atoms with Gasteiger partial charge in [0.25, 0.3) is 0 Å². The van der Waals surface area contributed by atoms with E-state index in [-0.39, 0.29) is 17.5 Å². The number of amides is 2. The highest BCUT2D eigenvalue weighted by Gasteiger charge is 2.64. The molecular weight excluding hydrogens is 548 g/mol. The number of carbonyl (C=O) groups excluding carboxylic acids is 4. The van der Waals surface area contributed by atoms with E-state index in [4.69, 9.17) is 4.74 Å². The monoisotopic (exact) mass is 570 g/mol. The van der Waals surface area contributed by atoms with Crippen LogP contribution in [0, 0.1) is 11.8 Å². The number of ether oxygens (including phenoxy) is 1. The molecule has 0 N–H and O–H groups in total. The first-order valence-electron chi connectivity index (χ1n) is 12.2. The summed E-state index contributed by atoms with van der Waals surface area (Å²) in [6.45, 7) is 1.46. The Kier molecular flexibility index (Phi) is 5.79. The number of anilines is 1. The number of ketones is 2. The van der Waals surface area contributed by atoms with E-state index in [0.717, 1.165) is 11.1 Å². The van der Waals surface area contributed by atoms with E-state index in [9.17, 15) is 19.2 Å². The fraction of sp³-hybridized carbons (Fsp3) is 0.200. The summed E-state index contributed by atoms with van der Waals surface area (Å²) >= 11 is 3.45. The molecule has 7 nitrogen and oxygen atoms in total. The number of fused-ring (bicyclic) bond motifs is 5. The molecule has 6 rings (SSSR count). The topological polar surface area (TPSA) is 84.0 Å². The molecule has 0 aliphatic carbocycles. The molecule has 0 unspecified atom stereocenters. The zero-order chi connectivity index (χ0) is 26.7. The average molecular weight is 571 g/mol. The lowest BCUT2D eigenvalue weighted by molar-refractivity contribution is -0.123. The molecule has 0 radical (unpaired) electrons.